The lowest BCUT2D eigenvalue weighted by Crippen LogP contribution is -2.12. The van der Waals surface area contributed by atoms with Crippen LogP contribution in [0, 0.1) is 25.6 Å². The molecule has 0 aliphatic carbocycles. The summed E-state index contributed by atoms with van der Waals surface area (Å²) in [6, 6.07) is 23.6. The van der Waals surface area contributed by atoms with Crippen LogP contribution >= 0.6 is 11.3 Å². The Balaban J connectivity index is 1.56. The zero-order valence-electron chi connectivity index (χ0n) is 24.4. The zero-order chi connectivity index (χ0) is 28.3. The lowest BCUT2D eigenvalue weighted by atomic mass is 9.82. The fraction of sp³-hybridized carbons (Fsp3) is 0.270. The molecule has 0 amide bonds. The fourth-order valence-electron chi connectivity index (χ4n) is 6.27. The highest BCUT2D eigenvalue weighted by molar-refractivity contribution is 7.26. The van der Waals surface area contributed by atoms with Gasteiger partial charge in [-0.1, -0.05) is 83.1 Å². The molecule has 2 heterocycles. The van der Waals surface area contributed by atoms with Gasteiger partial charge in [0.05, 0.1) is 15.1 Å². The molecule has 1 nitrogen and oxygen atoms in total. The van der Waals surface area contributed by atoms with E-state index >= 15 is 4.39 Å². The molecule has 0 aliphatic rings. The molecule has 202 valence electrons. The lowest BCUT2D eigenvalue weighted by Gasteiger charge is -2.22. The van der Waals surface area contributed by atoms with E-state index in [1.54, 1.807) is 0 Å². The summed E-state index contributed by atoms with van der Waals surface area (Å²) in [6.07, 6.45) is 2.89. The van der Waals surface area contributed by atoms with Crippen molar-refractivity contribution in [2.45, 2.75) is 60.3 Å². The number of aromatic nitrogens is 1. The van der Waals surface area contributed by atoms with Crippen molar-refractivity contribution in [3.05, 3.63) is 101 Å². The Bertz CT molecular complexity index is 1900. The summed E-state index contributed by atoms with van der Waals surface area (Å²) in [5, 5.41) is 4.48. The van der Waals surface area contributed by atoms with Crippen LogP contribution in [0.4, 0.5) is 4.39 Å². The maximum Gasteiger partial charge on any atom is 0.148 e. The van der Waals surface area contributed by atoms with Gasteiger partial charge in [-0.05, 0) is 88.4 Å². The summed E-state index contributed by atoms with van der Waals surface area (Å²) in [7, 11) is 0. The number of hydrogen-bond donors (Lipinski definition) is 0. The van der Waals surface area contributed by atoms with Crippen molar-refractivity contribution in [2.24, 2.45) is 5.92 Å². The molecule has 0 unspecified atom stereocenters. The molecular weight excluding hydrogens is 509 g/mol. The van der Waals surface area contributed by atoms with Gasteiger partial charge in [-0.25, -0.2) is 4.39 Å². The van der Waals surface area contributed by atoms with Crippen LogP contribution in [0.25, 0.3) is 53.3 Å². The zero-order valence-corrected chi connectivity index (χ0v) is 25.3. The van der Waals surface area contributed by atoms with Crippen LogP contribution in [0.1, 0.15) is 56.9 Å². The van der Waals surface area contributed by atoms with Crippen LogP contribution in [-0.4, -0.2) is 4.98 Å². The third kappa shape index (κ3) is 4.51. The van der Waals surface area contributed by atoms with Gasteiger partial charge in [0.1, 0.15) is 5.82 Å². The topological polar surface area (TPSA) is 12.9 Å². The average Bonchev–Trinajstić information content (AvgIpc) is 3.28. The summed E-state index contributed by atoms with van der Waals surface area (Å²) in [5.41, 5.74) is 8.53. The van der Waals surface area contributed by atoms with Gasteiger partial charge < -0.3 is 0 Å². The Morgan fingerprint density at radius 1 is 0.825 bits per heavy atom. The number of thiophene rings is 1. The summed E-state index contributed by atoms with van der Waals surface area (Å²) >= 11 is 1.52. The SMILES string of the molecule is Cc1cc(CC(C)C)cc(C)c1-c1ccc2c(sc3c(-c4cc(C(C)(C)C)c5ccccc5c4)nccc32)c1F. The van der Waals surface area contributed by atoms with Gasteiger partial charge >= 0.3 is 0 Å². The van der Waals surface area contributed by atoms with Gasteiger partial charge in [0.25, 0.3) is 0 Å². The van der Waals surface area contributed by atoms with Gasteiger partial charge in [0.2, 0.25) is 0 Å². The summed E-state index contributed by atoms with van der Waals surface area (Å²) in [5.74, 6) is 0.447. The number of benzene rings is 4. The molecule has 2 aromatic heterocycles. The van der Waals surface area contributed by atoms with E-state index in [9.17, 15) is 0 Å². The second kappa shape index (κ2) is 9.82. The van der Waals surface area contributed by atoms with Crippen LogP contribution in [-0.2, 0) is 11.8 Å². The van der Waals surface area contributed by atoms with E-state index in [0.29, 0.717) is 16.2 Å². The van der Waals surface area contributed by atoms with E-state index in [0.717, 1.165) is 49.8 Å². The van der Waals surface area contributed by atoms with Gasteiger partial charge in [-0.2, -0.15) is 0 Å². The minimum atomic E-state index is -0.138. The minimum absolute atomic E-state index is 0.0227. The van der Waals surface area contributed by atoms with E-state index in [1.807, 2.05) is 18.3 Å². The highest BCUT2D eigenvalue weighted by Gasteiger charge is 2.22. The fourth-order valence-corrected chi connectivity index (χ4v) is 7.51. The number of hydrogen-bond acceptors (Lipinski definition) is 2. The Hall–Kier alpha value is -3.56. The van der Waals surface area contributed by atoms with Gasteiger partial charge in [-0.15, -0.1) is 11.3 Å². The summed E-state index contributed by atoms with van der Waals surface area (Å²) in [4.78, 5) is 4.86. The number of pyridine rings is 1. The van der Waals surface area contributed by atoms with Gasteiger partial charge in [-0.3, -0.25) is 4.98 Å². The van der Waals surface area contributed by atoms with Gasteiger partial charge in [0, 0.05) is 28.1 Å². The standard InChI is InChI=1S/C37H36FNS/c1-21(2)16-24-17-22(3)32(23(4)18-24)30-13-12-28-29-14-15-39-34(36(29)40-35(28)33(30)38)26-19-25-10-8-9-11-27(25)31(20-26)37(5,6)7/h8-15,17-21H,16H2,1-7H3. The van der Waals surface area contributed by atoms with E-state index in [-0.39, 0.29) is 11.2 Å². The van der Waals surface area contributed by atoms with E-state index in [4.69, 9.17) is 4.98 Å². The molecule has 0 N–H and O–H groups in total. The van der Waals surface area contributed by atoms with E-state index in [2.05, 4.69) is 103 Å². The molecule has 0 atom stereocenters. The predicted octanol–water partition coefficient (Wildman–Crippen LogP) is 11.2. The summed E-state index contributed by atoms with van der Waals surface area (Å²) in [6.45, 7) is 15.4. The third-order valence-corrected chi connectivity index (χ3v) is 9.17. The minimum Gasteiger partial charge on any atom is -0.255 e. The Morgan fingerprint density at radius 3 is 2.23 bits per heavy atom. The molecule has 4 aromatic carbocycles. The van der Waals surface area contributed by atoms with Crippen LogP contribution in [0.3, 0.4) is 0 Å². The highest BCUT2D eigenvalue weighted by atomic mass is 32.1. The first-order valence-electron chi connectivity index (χ1n) is 14.2. The van der Waals surface area contributed by atoms with Crippen molar-refractivity contribution in [3.8, 4) is 22.4 Å². The number of halogens is 1. The van der Waals surface area contributed by atoms with Crippen molar-refractivity contribution in [2.75, 3.05) is 0 Å². The third-order valence-electron chi connectivity index (χ3n) is 7.94. The van der Waals surface area contributed by atoms with Gasteiger partial charge in [0.15, 0.2) is 0 Å². The maximum absolute atomic E-state index is 16.4. The molecule has 6 aromatic rings. The first-order valence-corrected chi connectivity index (χ1v) is 15.0. The van der Waals surface area contributed by atoms with Crippen molar-refractivity contribution >= 4 is 42.3 Å². The molecule has 3 heteroatoms. The molecule has 40 heavy (non-hydrogen) atoms. The number of rotatable bonds is 4. The number of nitrogens with zero attached hydrogens (tertiary/aromatic N) is 1. The predicted molar refractivity (Wildman–Crippen MR) is 172 cm³/mol. The highest BCUT2D eigenvalue weighted by Crippen LogP contribution is 2.44. The Kier molecular flexibility index (Phi) is 6.54. The quantitative estimate of drug-likeness (QED) is 0.215. The van der Waals surface area contributed by atoms with Crippen molar-refractivity contribution in [3.63, 3.8) is 0 Å². The molecular formula is C37H36FNS. The van der Waals surface area contributed by atoms with Crippen molar-refractivity contribution < 1.29 is 4.39 Å². The van der Waals surface area contributed by atoms with Crippen molar-refractivity contribution in [1.29, 1.82) is 0 Å². The van der Waals surface area contributed by atoms with Crippen LogP contribution in [0.2, 0.25) is 0 Å². The average molecular weight is 546 g/mol. The summed E-state index contributed by atoms with van der Waals surface area (Å²) < 4.78 is 18.1. The number of fused-ring (bicyclic) bond motifs is 4. The van der Waals surface area contributed by atoms with E-state index < -0.39 is 0 Å². The molecule has 0 aliphatic heterocycles. The van der Waals surface area contributed by atoms with Crippen LogP contribution in [0.15, 0.2) is 72.9 Å². The van der Waals surface area contributed by atoms with Crippen LogP contribution in [0.5, 0.6) is 0 Å². The van der Waals surface area contributed by atoms with Crippen LogP contribution < -0.4 is 0 Å². The van der Waals surface area contributed by atoms with Crippen molar-refractivity contribution in [1.82, 2.24) is 4.98 Å². The smallest absolute Gasteiger partial charge is 0.148 e. The first kappa shape index (κ1) is 26.7. The first-order chi connectivity index (χ1) is 19.0. The number of aryl methyl sites for hydroxylation is 2. The lowest BCUT2D eigenvalue weighted by molar-refractivity contribution is 0.596. The molecule has 0 saturated heterocycles. The van der Waals surface area contributed by atoms with E-state index in [1.165, 1.54) is 33.2 Å². The second-order valence-electron chi connectivity index (χ2n) is 12.6. The monoisotopic (exact) mass is 545 g/mol. The molecule has 6 rings (SSSR count). The maximum atomic E-state index is 16.4. The largest absolute Gasteiger partial charge is 0.255 e. The molecule has 0 spiro atoms. The normalized spacial score (nSPS) is 12.3. The Morgan fingerprint density at radius 2 is 1.52 bits per heavy atom. The molecule has 0 fully saturated rings. The molecule has 0 saturated carbocycles. The molecule has 0 bridgehead atoms. The second-order valence-corrected chi connectivity index (χ2v) is 13.7. The molecule has 0 radical (unpaired) electrons. The Labute approximate surface area is 240 Å².